The van der Waals surface area contributed by atoms with Gasteiger partial charge in [0.05, 0.1) is 11.5 Å². The van der Waals surface area contributed by atoms with E-state index in [1.54, 1.807) is 6.92 Å². The average molecular weight is 298 g/mol. The number of benzene rings is 1. The number of aromatic hydroxyl groups is 1. The molecule has 1 atom stereocenters. The first-order chi connectivity index (χ1) is 9.85. The number of hydrogen-bond donors (Lipinski definition) is 3. The minimum Gasteiger partial charge on any atom is -0.502 e. The highest BCUT2D eigenvalue weighted by Crippen LogP contribution is 2.26. The number of alkyl carbamates (subject to hydrolysis) is 1. The molecule has 21 heavy (non-hydrogen) atoms. The van der Waals surface area contributed by atoms with E-state index in [2.05, 4.69) is 10.1 Å². The molecule has 0 spiro atoms. The molecule has 1 amide bonds. The Bertz CT molecular complexity index is 559. The first-order valence-electron chi connectivity index (χ1n) is 5.97. The van der Waals surface area contributed by atoms with Gasteiger partial charge in [0, 0.05) is 12.5 Å². The zero-order chi connectivity index (χ0) is 16.0. The highest BCUT2D eigenvalue weighted by molar-refractivity contribution is 5.80. The van der Waals surface area contributed by atoms with Gasteiger partial charge in [0.25, 0.3) is 0 Å². The quantitative estimate of drug-likeness (QED) is 0.526. The minimum atomic E-state index is -1.31. The molecule has 0 unspecified atom stereocenters. The van der Waals surface area contributed by atoms with Gasteiger partial charge in [0.15, 0.2) is 5.75 Å². The summed E-state index contributed by atoms with van der Waals surface area (Å²) < 4.78 is 4.58. The van der Waals surface area contributed by atoms with Crippen LogP contribution >= 0.6 is 0 Å². The number of nitro groups is 1. The number of rotatable bonds is 6. The van der Waals surface area contributed by atoms with Crippen molar-refractivity contribution in [1.82, 2.24) is 5.32 Å². The highest BCUT2D eigenvalue weighted by atomic mass is 16.6. The molecule has 0 saturated heterocycles. The van der Waals surface area contributed by atoms with Crippen LogP contribution in [0.15, 0.2) is 18.2 Å². The third-order valence-electron chi connectivity index (χ3n) is 2.54. The Morgan fingerprint density at radius 1 is 1.48 bits per heavy atom. The second-order valence-corrected chi connectivity index (χ2v) is 4.04. The molecule has 9 heteroatoms. The van der Waals surface area contributed by atoms with Crippen LogP contribution in [0.2, 0.25) is 0 Å². The fourth-order valence-corrected chi connectivity index (χ4v) is 1.59. The molecule has 1 aromatic carbocycles. The van der Waals surface area contributed by atoms with E-state index in [1.165, 1.54) is 6.07 Å². The predicted octanol–water partition coefficient (Wildman–Crippen LogP) is 1.04. The van der Waals surface area contributed by atoms with Crippen molar-refractivity contribution in [3.63, 3.8) is 0 Å². The number of carbonyl (C=O) groups excluding carboxylic acids is 1. The van der Waals surface area contributed by atoms with Gasteiger partial charge in [-0.1, -0.05) is 6.07 Å². The number of carboxylic acids is 1. The predicted molar refractivity (Wildman–Crippen MR) is 70.0 cm³/mol. The number of phenolic OH excluding ortho intramolecular Hbond substituents is 1. The molecule has 0 aliphatic carbocycles. The summed E-state index contributed by atoms with van der Waals surface area (Å²) in [4.78, 5) is 32.2. The number of ether oxygens (including phenoxy) is 1. The van der Waals surface area contributed by atoms with Crippen molar-refractivity contribution < 1.29 is 29.5 Å². The van der Waals surface area contributed by atoms with Crippen molar-refractivity contribution in [2.75, 3.05) is 6.61 Å². The smallest absolute Gasteiger partial charge is 0.407 e. The number of amides is 1. The van der Waals surface area contributed by atoms with Crippen LogP contribution < -0.4 is 5.32 Å². The van der Waals surface area contributed by atoms with Crippen LogP contribution in [0.25, 0.3) is 0 Å². The minimum absolute atomic E-state index is 0.0862. The Labute approximate surface area is 119 Å². The van der Waals surface area contributed by atoms with Gasteiger partial charge >= 0.3 is 17.7 Å². The highest BCUT2D eigenvalue weighted by Gasteiger charge is 2.23. The Hall–Kier alpha value is -2.84. The molecule has 114 valence electrons. The van der Waals surface area contributed by atoms with Crippen LogP contribution in [-0.4, -0.2) is 39.8 Å². The number of nitro benzene ring substituents is 1. The molecule has 3 N–H and O–H groups in total. The second-order valence-electron chi connectivity index (χ2n) is 4.04. The molecular formula is C12H14N2O7. The maximum absolute atomic E-state index is 11.2. The van der Waals surface area contributed by atoms with Crippen molar-refractivity contribution in [3.8, 4) is 5.75 Å². The number of hydrogen-bond acceptors (Lipinski definition) is 6. The third-order valence-corrected chi connectivity index (χ3v) is 2.54. The molecule has 0 radical (unpaired) electrons. The van der Waals surface area contributed by atoms with E-state index in [-0.39, 0.29) is 18.6 Å². The van der Waals surface area contributed by atoms with Gasteiger partial charge in [-0.25, -0.2) is 9.59 Å². The Kier molecular flexibility index (Phi) is 5.47. The maximum Gasteiger partial charge on any atom is 0.407 e. The number of nitrogens with one attached hydrogen (secondary N) is 1. The van der Waals surface area contributed by atoms with Crippen LogP contribution in [0.4, 0.5) is 10.5 Å². The lowest BCUT2D eigenvalue weighted by molar-refractivity contribution is -0.385. The van der Waals surface area contributed by atoms with Gasteiger partial charge in [-0.2, -0.15) is 0 Å². The summed E-state index contributed by atoms with van der Waals surface area (Å²) in [7, 11) is 0. The standard InChI is InChI=1S/C12H14N2O7/c1-2-21-12(18)13-8(11(16)17)5-7-3-4-10(15)9(6-7)14(19)20/h3-4,6,8,15H,2,5H2,1H3,(H,13,18)(H,16,17)/t8-/m0/s1. The summed E-state index contributed by atoms with van der Waals surface area (Å²) in [6, 6.07) is 2.19. The van der Waals surface area contributed by atoms with Crippen LogP contribution in [0.1, 0.15) is 12.5 Å². The molecule has 9 nitrogen and oxygen atoms in total. The average Bonchev–Trinajstić information content (AvgIpc) is 2.39. The number of nitrogens with zero attached hydrogens (tertiary/aromatic N) is 1. The van der Waals surface area contributed by atoms with E-state index in [0.717, 1.165) is 12.1 Å². The van der Waals surface area contributed by atoms with E-state index in [0.29, 0.717) is 0 Å². The van der Waals surface area contributed by atoms with Gasteiger partial charge in [-0.3, -0.25) is 10.1 Å². The lowest BCUT2D eigenvalue weighted by Crippen LogP contribution is -2.42. The van der Waals surface area contributed by atoms with Crippen molar-refractivity contribution in [1.29, 1.82) is 0 Å². The Morgan fingerprint density at radius 3 is 2.67 bits per heavy atom. The van der Waals surface area contributed by atoms with Crippen LogP contribution in [0.5, 0.6) is 5.75 Å². The van der Waals surface area contributed by atoms with E-state index in [4.69, 9.17) is 5.11 Å². The molecule has 0 bridgehead atoms. The van der Waals surface area contributed by atoms with Gasteiger partial charge in [0.2, 0.25) is 0 Å². The molecule has 0 fully saturated rings. The summed E-state index contributed by atoms with van der Waals surface area (Å²) >= 11 is 0. The topological polar surface area (TPSA) is 139 Å². The molecule has 0 saturated carbocycles. The molecule has 0 aliphatic rings. The van der Waals surface area contributed by atoms with Gasteiger partial charge in [-0.15, -0.1) is 0 Å². The Balaban J connectivity index is 2.89. The van der Waals surface area contributed by atoms with E-state index < -0.39 is 34.5 Å². The maximum atomic E-state index is 11.2. The summed E-state index contributed by atoms with van der Waals surface area (Å²) in [5, 5.41) is 31.2. The number of carboxylic acid groups (broad SMARTS) is 1. The molecule has 0 heterocycles. The number of carbonyl (C=O) groups is 2. The number of phenols is 1. The Morgan fingerprint density at radius 2 is 2.14 bits per heavy atom. The third kappa shape index (κ3) is 4.64. The zero-order valence-corrected chi connectivity index (χ0v) is 11.1. The monoisotopic (exact) mass is 298 g/mol. The zero-order valence-electron chi connectivity index (χ0n) is 11.1. The van der Waals surface area contributed by atoms with Crippen molar-refractivity contribution in [2.24, 2.45) is 0 Å². The van der Waals surface area contributed by atoms with E-state index >= 15 is 0 Å². The fourth-order valence-electron chi connectivity index (χ4n) is 1.59. The normalized spacial score (nSPS) is 11.5. The molecule has 1 aromatic rings. The molecular weight excluding hydrogens is 284 g/mol. The molecule has 1 rings (SSSR count). The lowest BCUT2D eigenvalue weighted by Gasteiger charge is -2.14. The van der Waals surface area contributed by atoms with Crippen LogP contribution in [0, 0.1) is 10.1 Å². The van der Waals surface area contributed by atoms with E-state index in [9.17, 15) is 24.8 Å². The summed E-state index contributed by atoms with van der Waals surface area (Å²) in [6.07, 6.45) is -1.08. The molecule has 0 aliphatic heterocycles. The van der Waals surface area contributed by atoms with Gasteiger partial charge in [0.1, 0.15) is 6.04 Å². The van der Waals surface area contributed by atoms with Crippen molar-refractivity contribution >= 4 is 17.7 Å². The summed E-state index contributed by atoms with van der Waals surface area (Å²) in [6.45, 7) is 1.65. The lowest BCUT2D eigenvalue weighted by atomic mass is 10.1. The summed E-state index contributed by atoms with van der Waals surface area (Å²) in [5.74, 6) is -1.83. The summed E-state index contributed by atoms with van der Waals surface area (Å²) in [5.41, 5.74) is -0.253. The number of aliphatic carboxylic acids is 1. The van der Waals surface area contributed by atoms with Crippen molar-refractivity contribution in [2.45, 2.75) is 19.4 Å². The fraction of sp³-hybridized carbons (Fsp3) is 0.333. The largest absolute Gasteiger partial charge is 0.502 e. The van der Waals surface area contributed by atoms with Crippen LogP contribution in [-0.2, 0) is 16.0 Å². The SMILES string of the molecule is CCOC(=O)N[C@@H](Cc1ccc(O)c([N+](=O)[O-])c1)C(=O)O. The second kappa shape index (κ2) is 7.08. The first-order valence-corrected chi connectivity index (χ1v) is 5.97. The first kappa shape index (κ1) is 16.2. The van der Waals surface area contributed by atoms with Gasteiger partial charge in [-0.05, 0) is 18.6 Å². The van der Waals surface area contributed by atoms with Gasteiger partial charge < -0.3 is 20.3 Å². The van der Waals surface area contributed by atoms with E-state index in [1.807, 2.05) is 0 Å². The van der Waals surface area contributed by atoms with Crippen LogP contribution in [0.3, 0.4) is 0 Å². The molecule has 0 aromatic heterocycles. The van der Waals surface area contributed by atoms with Crippen molar-refractivity contribution in [3.05, 3.63) is 33.9 Å².